The van der Waals surface area contributed by atoms with Crippen LogP contribution in [0.2, 0.25) is 0 Å². The second-order valence-corrected chi connectivity index (χ2v) is 5.11. The predicted molar refractivity (Wildman–Crippen MR) is 71.6 cm³/mol. The molecule has 98 valence electrons. The van der Waals surface area contributed by atoms with Crippen LogP contribution in [0.25, 0.3) is 0 Å². The summed E-state index contributed by atoms with van der Waals surface area (Å²) in [7, 11) is 0. The van der Waals surface area contributed by atoms with E-state index in [9.17, 15) is 9.90 Å². The number of carbonyl (C=O) groups is 1. The van der Waals surface area contributed by atoms with Crippen molar-refractivity contribution in [3.8, 4) is 0 Å². The normalized spacial score (nSPS) is 17.4. The number of anilines is 1. The second kappa shape index (κ2) is 5.40. The molecule has 0 heterocycles. The molecule has 18 heavy (non-hydrogen) atoms. The Morgan fingerprint density at radius 2 is 1.89 bits per heavy atom. The number of hydrogen-bond acceptors (Lipinski definition) is 2. The summed E-state index contributed by atoms with van der Waals surface area (Å²) in [6.45, 7) is 2.32. The molecule has 0 aliphatic heterocycles. The van der Waals surface area contributed by atoms with E-state index < -0.39 is 5.60 Å². The van der Waals surface area contributed by atoms with Crippen molar-refractivity contribution in [1.29, 1.82) is 0 Å². The molecule has 0 radical (unpaired) electrons. The first-order valence-corrected chi connectivity index (χ1v) is 6.41. The van der Waals surface area contributed by atoms with Gasteiger partial charge in [0.05, 0.1) is 5.60 Å². The first kappa shape index (κ1) is 12.9. The van der Waals surface area contributed by atoms with Crippen molar-refractivity contribution in [3.63, 3.8) is 0 Å². The van der Waals surface area contributed by atoms with Gasteiger partial charge < -0.3 is 15.7 Å². The average molecular weight is 248 g/mol. The molecule has 1 aliphatic rings. The fraction of sp³-hybridized carbons (Fsp3) is 0.500. The molecule has 1 aliphatic carbocycles. The van der Waals surface area contributed by atoms with Gasteiger partial charge in [0, 0.05) is 12.2 Å². The minimum Gasteiger partial charge on any atom is -0.388 e. The van der Waals surface area contributed by atoms with Crippen LogP contribution in [-0.2, 0) is 0 Å². The molecule has 1 aromatic rings. The van der Waals surface area contributed by atoms with E-state index >= 15 is 0 Å². The van der Waals surface area contributed by atoms with E-state index in [1.165, 1.54) is 0 Å². The third-order valence-corrected chi connectivity index (χ3v) is 3.42. The maximum Gasteiger partial charge on any atom is 0.319 e. The molecule has 4 heteroatoms. The van der Waals surface area contributed by atoms with Gasteiger partial charge in [0.15, 0.2) is 0 Å². The van der Waals surface area contributed by atoms with Gasteiger partial charge in [0.2, 0.25) is 0 Å². The van der Waals surface area contributed by atoms with Gasteiger partial charge in [-0.05, 0) is 31.9 Å². The quantitative estimate of drug-likeness (QED) is 0.769. The van der Waals surface area contributed by atoms with Gasteiger partial charge in [0.1, 0.15) is 0 Å². The monoisotopic (exact) mass is 248 g/mol. The number of hydrogen-bond donors (Lipinski definition) is 3. The summed E-state index contributed by atoms with van der Waals surface area (Å²) < 4.78 is 0. The Balaban J connectivity index is 1.80. The fourth-order valence-electron chi connectivity index (χ4n) is 2.27. The molecule has 4 nitrogen and oxygen atoms in total. The standard InChI is InChI=1S/C14H20N2O2/c1-11-4-6-12(7-5-11)16-13(17)15-10-14(18)8-2-3-9-14/h4-7,18H,2-3,8-10H2,1H3,(H2,15,16,17). The summed E-state index contributed by atoms with van der Waals surface area (Å²) in [5.41, 5.74) is 1.21. The average Bonchev–Trinajstić information content (AvgIpc) is 2.78. The Morgan fingerprint density at radius 1 is 1.28 bits per heavy atom. The lowest BCUT2D eigenvalue weighted by Gasteiger charge is -2.22. The van der Waals surface area contributed by atoms with E-state index in [1.807, 2.05) is 31.2 Å². The molecule has 0 unspecified atom stereocenters. The summed E-state index contributed by atoms with van der Waals surface area (Å²) in [6.07, 6.45) is 3.63. The van der Waals surface area contributed by atoms with Crippen LogP contribution in [0.15, 0.2) is 24.3 Å². The highest BCUT2D eigenvalue weighted by molar-refractivity contribution is 5.89. The zero-order valence-corrected chi connectivity index (χ0v) is 10.7. The van der Waals surface area contributed by atoms with Crippen LogP contribution in [0.3, 0.4) is 0 Å². The highest BCUT2D eigenvalue weighted by Crippen LogP contribution is 2.28. The van der Waals surface area contributed by atoms with E-state index in [-0.39, 0.29) is 6.03 Å². The highest BCUT2D eigenvalue weighted by atomic mass is 16.3. The van der Waals surface area contributed by atoms with Crippen molar-refractivity contribution in [2.24, 2.45) is 0 Å². The van der Waals surface area contributed by atoms with Crippen LogP contribution >= 0.6 is 0 Å². The van der Waals surface area contributed by atoms with Crippen LogP contribution in [0, 0.1) is 6.92 Å². The lowest BCUT2D eigenvalue weighted by molar-refractivity contribution is 0.0506. The van der Waals surface area contributed by atoms with Crippen molar-refractivity contribution in [3.05, 3.63) is 29.8 Å². The van der Waals surface area contributed by atoms with Gasteiger partial charge in [-0.3, -0.25) is 0 Å². The number of amides is 2. The zero-order valence-electron chi connectivity index (χ0n) is 10.7. The maximum absolute atomic E-state index is 11.7. The molecule has 1 saturated carbocycles. The highest BCUT2D eigenvalue weighted by Gasteiger charge is 2.31. The van der Waals surface area contributed by atoms with Crippen LogP contribution in [-0.4, -0.2) is 23.3 Å². The number of nitrogens with one attached hydrogen (secondary N) is 2. The number of urea groups is 1. The molecule has 1 fully saturated rings. The molecule has 0 atom stereocenters. The summed E-state index contributed by atoms with van der Waals surface area (Å²) >= 11 is 0. The Labute approximate surface area is 107 Å². The third kappa shape index (κ3) is 3.47. The number of carbonyl (C=O) groups excluding carboxylic acids is 1. The summed E-state index contributed by atoms with van der Waals surface area (Å²) in [4.78, 5) is 11.7. The summed E-state index contributed by atoms with van der Waals surface area (Å²) in [6, 6.07) is 7.35. The topological polar surface area (TPSA) is 61.4 Å². The van der Waals surface area contributed by atoms with Crippen molar-refractivity contribution < 1.29 is 9.90 Å². The first-order chi connectivity index (χ1) is 8.57. The molecular formula is C14H20N2O2. The molecular weight excluding hydrogens is 228 g/mol. The summed E-state index contributed by atoms with van der Waals surface area (Å²) in [5, 5.41) is 15.6. The zero-order chi connectivity index (χ0) is 13.0. The Morgan fingerprint density at radius 3 is 2.50 bits per heavy atom. The Hall–Kier alpha value is -1.55. The van der Waals surface area contributed by atoms with E-state index in [0.717, 1.165) is 36.9 Å². The number of rotatable bonds is 3. The van der Waals surface area contributed by atoms with Gasteiger partial charge in [-0.2, -0.15) is 0 Å². The number of benzene rings is 1. The molecule has 1 aromatic carbocycles. The molecule has 2 amide bonds. The van der Waals surface area contributed by atoms with Crippen LogP contribution in [0.1, 0.15) is 31.2 Å². The molecule has 0 spiro atoms. The fourth-order valence-corrected chi connectivity index (χ4v) is 2.27. The number of aryl methyl sites for hydroxylation is 1. The molecule has 0 aromatic heterocycles. The Kier molecular flexibility index (Phi) is 3.87. The smallest absolute Gasteiger partial charge is 0.319 e. The SMILES string of the molecule is Cc1ccc(NC(=O)NCC2(O)CCCC2)cc1. The largest absolute Gasteiger partial charge is 0.388 e. The van der Waals surface area contributed by atoms with Gasteiger partial charge in [-0.15, -0.1) is 0 Å². The second-order valence-electron chi connectivity index (χ2n) is 5.11. The van der Waals surface area contributed by atoms with Gasteiger partial charge in [-0.1, -0.05) is 30.5 Å². The summed E-state index contributed by atoms with van der Waals surface area (Å²) in [5.74, 6) is 0. The maximum atomic E-state index is 11.7. The lowest BCUT2D eigenvalue weighted by Crippen LogP contribution is -2.42. The van der Waals surface area contributed by atoms with Gasteiger partial charge in [0.25, 0.3) is 0 Å². The van der Waals surface area contributed by atoms with Crippen LogP contribution in [0.5, 0.6) is 0 Å². The molecule has 2 rings (SSSR count). The van der Waals surface area contributed by atoms with Crippen molar-refractivity contribution in [2.45, 2.75) is 38.2 Å². The van der Waals surface area contributed by atoms with Crippen molar-refractivity contribution in [2.75, 3.05) is 11.9 Å². The minimum atomic E-state index is -0.704. The van der Waals surface area contributed by atoms with Crippen LogP contribution < -0.4 is 10.6 Å². The molecule has 0 bridgehead atoms. The van der Waals surface area contributed by atoms with Gasteiger partial charge in [-0.25, -0.2) is 4.79 Å². The first-order valence-electron chi connectivity index (χ1n) is 6.41. The van der Waals surface area contributed by atoms with E-state index in [0.29, 0.717) is 6.54 Å². The van der Waals surface area contributed by atoms with Crippen LogP contribution in [0.4, 0.5) is 10.5 Å². The number of aliphatic hydroxyl groups is 1. The Bertz CT molecular complexity index is 408. The molecule has 3 N–H and O–H groups in total. The van der Waals surface area contributed by atoms with Crippen molar-refractivity contribution >= 4 is 11.7 Å². The third-order valence-electron chi connectivity index (χ3n) is 3.42. The lowest BCUT2D eigenvalue weighted by atomic mass is 10.0. The van der Waals surface area contributed by atoms with Gasteiger partial charge >= 0.3 is 6.03 Å². The van der Waals surface area contributed by atoms with E-state index in [2.05, 4.69) is 10.6 Å². The molecule has 0 saturated heterocycles. The van der Waals surface area contributed by atoms with E-state index in [1.54, 1.807) is 0 Å². The van der Waals surface area contributed by atoms with E-state index in [4.69, 9.17) is 0 Å². The predicted octanol–water partition coefficient (Wildman–Crippen LogP) is 2.42. The minimum absolute atomic E-state index is 0.265. The van der Waals surface area contributed by atoms with Crippen molar-refractivity contribution in [1.82, 2.24) is 5.32 Å².